The van der Waals surface area contributed by atoms with Crippen molar-refractivity contribution in [3.8, 4) is 6.07 Å². The van der Waals surface area contributed by atoms with E-state index >= 15 is 0 Å². The number of hydroxylamine groups is 1. The Morgan fingerprint density at radius 1 is 1.21 bits per heavy atom. The van der Waals surface area contributed by atoms with Crippen LogP contribution < -0.4 is 5.48 Å². The first kappa shape index (κ1) is 21.2. The van der Waals surface area contributed by atoms with Crippen molar-refractivity contribution in [3.05, 3.63) is 60.2 Å². The van der Waals surface area contributed by atoms with Crippen LogP contribution in [-0.2, 0) is 13.0 Å². The Labute approximate surface area is 192 Å². The molecule has 1 aliphatic carbocycles. The number of aliphatic imine (C=N–C) groups is 1. The van der Waals surface area contributed by atoms with Crippen LogP contribution in [0.25, 0.3) is 22.1 Å². The summed E-state index contributed by atoms with van der Waals surface area (Å²) in [7, 11) is 0. The summed E-state index contributed by atoms with van der Waals surface area (Å²) in [6.07, 6.45) is 8.97. The molecule has 0 atom stereocenters. The summed E-state index contributed by atoms with van der Waals surface area (Å²) in [5.41, 5.74) is 6.11. The van der Waals surface area contributed by atoms with Gasteiger partial charge in [-0.05, 0) is 43.2 Å². The number of imidazole rings is 1. The van der Waals surface area contributed by atoms with E-state index < -0.39 is 0 Å². The molecule has 1 saturated carbocycles. The molecule has 3 heterocycles. The summed E-state index contributed by atoms with van der Waals surface area (Å²) in [6, 6.07) is 14.6. The number of fused-ring (bicyclic) bond motifs is 3. The zero-order valence-electron chi connectivity index (χ0n) is 18.4. The molecular weight excluding hydrogens is 414 g/mol. The fourth-order valence-corrected chi connectivity index (χ4v) is 4.97. The molecule has 0 saturated heterocycles. The summed E-state index contributed by atoms with van der Waals surface area (Å²) in [5.74, 6) is 1.85. The normalized spacial score (nSPS) is 19.1. The lowest BCUT2D eigenvalue weighted by Crippen LogP contribution is -2.23. The monoisotopic (exact) mass is 441 g/mol. The first-order valence-corrected chi connectivity index (χ1v) is 11.4. The van der Waals surface area contributed by atoms with Gasteiger partial charge < -0.3 is 9.55 Å². The third kappa shape index (κ3) is 4.32. The summed E-state index contributed by atoms with van der Waals surface area (Å²) in [6.45, 7) is 0.356. The van der Waals surface area contributed by atoms with Gasteiger partial charge in [-0.3, -0.25) is 15.7 Å². The number of nitrogens with one attached hydrogen (secondary N) is 2. The van der Waals surface area contributed by atoms with E-state index in [-0.39, 0.29) is 0 Å². The van der Waals surface area contributed by atoms with Crippen LogP contribution in [0.2, 0.25) is 0 Å². The van der Waals surface area contributed by atoms with E-state index in [1.807, 2.05) is 48.8 Å². The number of rotatable bonds is 6. The molecule has 168 valence electrons. The highest BCUT2D eigenvalue weighted by molar-refractivity contribution is 6.01. The average molecular weight is 442 g/mol. The molecule has 1 aliphatic rings. The molecule has 0 spiro atoms. The Bertz CT molecular complexity index is 1310. The van der Waals surface area contributed by atoms with Gasteiger partial charge in [-0.2, -0.15) is 5.26 Å². The van der Waals surface area contributed by atoms with Crippen molar-refractivity contribution in [2.75, 3.05) is 0 Å². The Kier molecular flexibility index (Phi) is 6.05. The van der Waals surface area contributed by atoms with Crippen LogP contribution in [0.3, 0.4) is 0 Å². The molecule has 0 aliphatic heterocycles. The molecule has 8 nitrogen and oxygen atoms in total. The van der Waals surface area contributed by atoms with E-state index in [4.69, 9.17) is 10.2 Å². The summed E-state index contributed by atoms with van der Waals surface area (Å²) in [4.78, 5) is 17.3. The highest BCUT2D eigenvalue weighted by Gasteiger charge is 2.26. The maximum absolute atomic E-state index is 9.67. The minimum absolute atomic E-state index is 0.301. The molecular formula is C25H27N7O. The topological polar surface area (TPSA) is 115 Å². The van der Waals surface area contributed by atoms with Gasteiger partial charge in [0.15, 0.2) is 0 Å². The lowest BCUT2D eigenvalue weighted by atomic mass is 9.84. The van der Waals surface area contributed by atoms with Gasteiger partial charge in [-0.25, -0.2) is 9.97 Å². The second kappa shape index (κ2) is 9.43. The van der Waals surface area contributed by atoms with Gasteiger partial charge in [0.25, 0.3) is 0 Å². The molecule has 0 amide bonds. The second-order valence-electron chi connectivity index (χ2n) is 8.70. The van der Waals surface area contributed by atoms with Gasteiger partial charge in [-0.15, -0.1) is 0 Å². The van der Waals surface area contributed by atoms with E-state index in [1.54, 1.807) is 0 Å². The van der Waals surface area contributed by atoms with E-state index in [9.17, 15) is 5.21 Å². The minimum atomic E-state index is 0.301. The average Bonchev–Trinajstić information content (AvgIpc) is 3.47. The third-order valence-electron chi connectivity index (χ3n) is 6.62. The molecule has 0 radical (unpaired) electrons. The number of benzene rings is 1. The Balaban J connectivity index is 1.50. The van der Waals surface area contributed by atoms with E-state index in [0.29, 0.717) is 37.2 Å². The predicted molar refractivity (Wildman–Crippen MR) is 127 cm³/mol. The van der Waals surface area contributed by atoms with E-state index in [0.717, 1.165) is 59.1 Å². The van der Waals surface area contributed by atoms with E-state index in [2.05, 4.69) is 31.1 Å². The van der Waals surface area contributed by atoms with Crippen LogP contribution in [0.15, 0.2) is 53.8 Å². The number of hydrogen-bond acceptors (Lipinski definition) is 5. The van der Waals surface area contributed by atoms with Crippen LogP contribution >= 0.6 is 0 Å². The Morgan fingerprint density at radius 3 is 2.79 bits per heavy atom. The van der Waals surface area contributed by atoms with Crippen molar-refractivity contribution >= 4 is 27.9 Å². The van der Waals surface area contributed by atoms with Gasteiger partial charge in [0.2, 0.25) is 0 Å². The van der Waals surface area contributed by atoms with Gasteiger partial charge in [0.05, 0.1) is 24.3 Å². The predicted octanol–water partition coefficient (Wildman–Crippen LogP) is 4.68. The largest absolute Gasteiger partial charge is 0.346 e. The smallest absolute Gasteiger partial charge is 0.139 e. The van der Waals surface area contributed by atoms with Crippen molar-refractivity contribution in [1.29, 1.82) is 5.26 Å². The molecule has 0 bridgehead atoms. The van der Waals surface area contributed by atoms with Crippen LogP contribution in [-0.4, -0.2) is 30.6 Å². The lowest BCUT2D eigenvalue weighted by Gasteiger charge is -2.29. The highest BCUT2D eigenvalue weighted by atomic mass is 16.5. The number of nitrogens with zero attached hydrogens (tertiary/aromatic N) is 5. The number of aromatic nitrogens is 4. The SMILES string of the molecule is N#CCC1CCC(n2c(CN=C(Cc3ccccc3)NO)nc3cnc4[nH]ccc4c32)CC1. The number of aromatic amines is 1. The molecule has 3 N–H and O–H groups in total. The fourth-order valence-electron chi connectivity index (χ4n) is 4.97. The second-order valence-corrected chi connectivity index (χ2v) is 8.70. The van der Waals surface area contributed by atoms with Gasteiger partial charge in [0, 0.05) is 30.5 Å². The van der Waals surface area contributed by atoms with Crippen molar-refractivity contribution < 1.29 is 5.21 Å². The summed E-state index contributed by atoms with van der Waals surface area (Å²) < 4.78 is 2.33. The van der Waals surface area contributed by atoms with Crippen molar-refractivity contribution in [2.24, 2.45) is 10.9 Å². The number of amidine groups is 1. The van der Waals surface area contributed by atoms with Crippen LogP contribution in [0.4, 0.5) is 0 Å². The number of pyridine rings is 1. The highest BCUT2D eigenvalue weighted by Crippen LogP contribution is 2.38. The number of hydrogen-bond donors (Lipinski definition) is 3. The third-order valence-corrected chi connectivity index (χ3v) is 6.62. The van der Waals surface area contributed by atoms with Gasteiger partial charge in [-0.1, -0.05) is 30.3 Å². The standard InChI is InChI=1S/C25H27N7O/c26-12-10-17-6-8-19(9-7-17)32-23(16-28-22(31-33)14-18-4-2-1-3-5-18)30-21-15-29-25-20(24(21)32)11-13-27-25/h1-5,11,13,15,17,19,33H,6-10,14,16H2,(H,27,29)(H,28,31). The minimum Gasteiger partial charge on any atom is -0.346 e. The van der Waals surface area contributed by atoms with Crippen LogP contribution in [0.5, 0.6) is 0 Å². The first-order chi connectivity index (χ1) is 16.3. The molecule has 8 heteroatoms. The number of nitriles is 1. The molecule has 0 unspecified atom stereocenters. The van der Waals surface area contributed by atoms with Crippen molar-refractivity contribution in [1.82, 2.24) is 25.0 Å². The fraction of sp³-hybridized carbons (Fsp3) is 0.360. The molecule has 3 aromatic heterocycles. The maximum atomic E-state index is 9.67. The molecule has 5 rings (SSSR count). The Morgan fingerprint density at radius 2 is 2.03 bits per heavy atom. The molecule has 1 fully saturated rings. The van der Waals surface area contributed by atoms with Crippen molar-refractivity contribution in [2.45, 2.75) is 51.1 Å². The maximum Gasteiger partial charge on any atom is 0.139 e. The van der Waals surface area contributed by atoms with Gasteiger partial charge >= 0.3 is 0 Å². The quantitative estimate of drug-likeness (QED) is 0.228. The van der Waals surface area contributed by atoms with Crippen LogP contribution in [0.1, 0.15) is 49.5 Å². The zero-order valence-corrected chi connectivity index (χ0v) is 18.4. The van der Waals surface area contributed by atoms with Crippen molar-refractivity contribution in [3.63, 3.8) is 0 Å². The van der Waals surface area contributed by atoms with Gasteiger partial charge in [0.1, 0.15) is 22.8 Å². The number of H-pyrrole nitrogens is 1. The molecule has 33 heavy (non-hydrogen) atoms. The molecule has 1 aromatic carbocycles. The molecule has 4 aromatic rings. The zero-order chi connectivity index (χ0) is 22.6. The van der Waals surface area contributed by atoms with Crippen LogP contribution in [0, 0.1) is 17.2 Å². The Hall–Kier alpha value is -3.70. The lowest BCUT2D eigenvalue weighted by molar-refractivity contribution is 0.232. The van der Waals surface area contributed by atoms with E-state index in [1.165, 1.54) is 0 Å². The first-order valence-electron chi connectivity index (χ1n) is 11.4. The summed E-state index contributed by atoms with van der Waals surface area (Å²) in [5, 5.41) is 19.8. The summed E-state index contributed by atoms with van der Waals surface area (Å²) >= 11 is 0.